The molecule has 3 aromatic rings. The predicted molar refractivity (Wildman–Crippen MR) is 138 cm³/mol. The third-order valence-corrected chi connectivity index (χ3v) is 9.93. The lowest BCUT2D eigenvalue weighted by Gasteiger charge is -2.35. The predicted octanol–water partition coefficient (Wildman–Crippen LogP) is 4.30. The number of nitrogens with zero attached hydrogens (tertiary/aromatic N) is 2. The second-order valence-electron chi connectivity index (χ2n) is 8.52. The van der Waals surface area contributed by atoms with Crippen LogP contribution in [0.4, 0.5) is 5.88 Å². The number of halogens is 1. The van der Waals surface area contributed by atoms with Crippen LogP contribution in [0.25, 0.3) is 0 Å². The first-order valence-electron chi connectivity index (χ1n) is 10.8. The van der Waals surface area contributed by atoms with Gasteiger partial charge in [-0.05, 0) is 79.1 Å². The number of sulfonamides is 1. The molecule has 3 heterocycles. The molecule has 184 valence electrons. The molecule has 0 saturated carbocycles. The summed E-state index contributed by atoms with van der Waals surface area (Å²) in [7, 11) is -4.37. The van der Waals surface area contributed by atoms with Crippen LogP contribution in [0.3, 0.4) is 0 Å². The minimum absolute atomic E-state index is 0.0437. The summed E-state index contributed by atoms with van der Waals surface area (Å²) in [6.07, 6.45) is 3.73. The van der Waals surface area contributed by atoms with Crippen molar-refractivity contribution in [2.45, 2.75) is 44.1 Å². The van der Waals surface area contributed by atoms with Crippen LogP contribution in [0.1, 0.15) is 39.2 Å². The quantitative estimate of drug-likeness (QED) is 0.464. The van der Waals surface area contributed by atoms with Gasteiger partial charge in [-0.3, -0.25) is 9.78 Å². The van der Waals surface area contributed by atoms with Gasteiger partial charge in [0.15, 0.2) is 4.75 Å². The summed E-state index contributed by atoms with van der Waals surface area (Å²) in [6, 6.07) is 7.59. The minimum Gasteiger partial charge on any atom is -0.369 e. The van der Waals surface area contributed by atoms with E-state index in [0.29, 0.717) is 23.2 Å². The monoisotopic (exact) mass is 532 g/mol. The Morgan fingerprint density at radius 3 is 2.60 bits per heavy atom. The molecular weight excluding hydrogens is 508 g/mol. The highest BCUT2D eigenvalue weighted by atomic mass is 35.5. The van der Waals surface area contributed by atoms with Gasteiger partial charge in [-0.25, -0.2) is 13.1 Å². The van der Waals surface area contributed by atoms with Gasteiger partial charge in [-0.1, -0.05) is 28.9 Å². The molecule has 1 aromatic carbocycles. The van der Waals surface area contributed by atoms with E-state index < -0.39 is 25.9 Å². The maximum absolute atomic E-state index is 14.1. The number of pyridine rings is 1. The van der Waals surface area contributed by atoms with Gasteiger partial charge in [-0.2, -0.15) is 0 Å². The van der Waals surface area contributed by atoms with E-state index in [4.69, 9.17) is 21.9 Å². The summed E-state index contributed by atoms with van der Waals surface area (Å²) in [6.45, 7) is 7.27. The van der Waals surface area contributed by atoms with Crippen molar-refractivity contribution in [2.75, 3.05) is 4.72 Å². The van der Waals surface area contributed by atoms with Crippen molar-refractivity contribution in [3.8, 4) is 0 Å². The zero-order valence-electron chi connectivity index (χ0n) is 19.6. The van der Waals surface area contributed by atoms with Gasteiger partial charge in [0.25, 0.3) is 5.88 Å². The number of hydrogen-bond acceptors (Lipinski definition) is 7. The molecule has 11 heteroatoms. The maximum atomic E-state index is 14.1. The molecule has 35 heavy (non-hydrogen) atoms. The number of primary amides is 1. The molecule has 2 atom stereocenters. The van der Waals surface area contributed by atoms with Gasteiger partial charge < -0.3 is 10.3 Å². The molecule has 1 amide bonds. The highest BCUT2D eigenvalue weighted by Gasteiger charge is 2.57. The van der Waals surface area contributed by atoms with Gasteiger partial charge in [0, 0.05) is 18.3 Å². The molecule has 0 bridgehead atoms. The normalized spacial score (nSPS) is 19.7. The molecule has 2 unspecified atom stereocenters. The van der Waals surface area contributed by atoms with Gasteiger partial charge >= 0.3 is 0 Å². The lowest BCUT2D eigenvalue weighted by Crippen LogP contribution is -2.51. The van der Waals surface area contributed by atoms with Crippen LogP contribution in [0, 0.1) is 27.7 Å². The number of aromatic nitrogens is 2. The Balaban J connectivity index is 1.96. The average Bonchev–Trinajstić information content (AvgIpc) is 3.38. The van der Waals surface area contributed by atoms with Crippen molar-refractivity contribution in [1.82, 2.24) is 10.1 Å². The molecule has 1 aliphatic heterocycles. The Labute approximate surface area is 213 Å². The van der Waals surface area contributed by atoms with E-state index in [0.717, 1.165) is 34.1 Å². The topological polar surface area (TPSA) is 128 Å². The largest absolute Gasteiger partial charge is 0.369 e. The van der Waals surface area contributed by atoms with Crippen molar-refractivity contribution in [1.29, 1.82) is 0 Å². The zero-order valence-corrected chi connectivity index (χ0v) is 22.0. The second-order valence-corrected chi connectivity index (χ2v) is 11.8. The summed E-state index contributed by atoms with van der Waals surface area (Å²) in [5.41, 5.74) is 10.8. The number of anilines is 1. The van der Waals surface area contributed by atoms with E-state index in [1.54, 1.807) is 18.5 Å². The second kappa shape index (κ2) is 9.33. The molecule has 1 aliphatic rings. The van der Waals surface area contributed by atoms with Crippen LogP contribution >= 0.6 is 23.4 Å². The molecule has 3 N–H and O–H groups in total. The molecular formula is C24H25ClN4O4S2. The third-order valence-electron chi connectivity index (χ3n) is 6.25. The Hall–Kier alpha value is -2.82. The Bertz CT molecular complexity index is 1440. The number of hydrogen-bond donors (Lipinski definition) is 2. The fourth-order valence-corrected chi connectivity index (χ4v) is 8.25. The summed E-state index contributed by atoms with van der Waals surface area (Å²) in [4.78, 5) is 17.0. The first-order valence-corrected chi connectivity index (χ1v) is 13.6. The lowest BCUT2D eigenvalue weighted by molar-refractivity contribution is -0.117. The summed E-state index contributed by atoms with van der Waals surface area (Å²) < 4.78 is 34.0. The van der Waals surface area contributed by atoms with Crippen LogP contribution in [0.2, 0.25) is 5.02 Å². The molecule has 0 aliphatic carbocycles. The lowest BCUT2D eigenvalue weighted by atomic mass is 9.82. The average molecular weight is 533 g/mol. The first-order chi connectivity index (χ1) is 16.5. The van der Waals surface area contributed by atoms with Crippen LogP contribution in [-0.4, -0.2) is 29.7 Å². The van der Waals surface area contributed by atoms with Crippen molar-refractivity contribution in [3.63, 3.8) is 0 Å². The van der Waals surface area contributed by atoms with Gasteiger partial charge in [0.1, 0.15) is 16.0 Å². The minimum atomic E-state index is -4.37. The standard InChI is InChI=1S/C24H25ClN4O4S2/c1-13-11-14(2)19(15(3)18(13)12-17-7-5-6-9-27-17)24(8-10-34-21(24)22(26)30)35(31,32)29-23-20(25)16(4)28-33-23/h5-11,21,29H,12H2,1-4H3,(H2,26,30). The number of carbonyl (C=O) groups excluding carboxylic acids is 1. The molecule has 0 radical (unpaired) electrons. The molecule has 0 saturated heterocycles. The highest BCUT2D eigenvalue weighted by Crippen LogP contribution is 2.50. The van der Waals surface area contributed by atoms with E-state index >= 15 is 0 Å². The molecule has 0 fully saturated rings. The van der Waals surface area contributed by atoms with E-state index in [1.165, 1.54) is 6.08 Å². The van der Waals surface area contributed by atoms with Gasteiger partial charge in [-0.15, -0.1) is 11.8 Å². The summed E-state index contributed by atoms with van der Waals surface area (Å²) in [5.74, 6) is -0.968. The van der Waals surface area contributed by atoms with E-state index in [-0.39, 0.29) is 10.9 Å². The fourth-order valence-electron chi connectivity index (χ4n) is 4.68. The number of nitrogens with two attached hydrogens (primary N) is 1. The summed E-state index contributed by atoms with van der Waals surface area (Å²) in [5, 5.41) is 4.25. The first kappa shape index (κ1) is 25.3. The zero-order chi connectivity index (χ0) is 25.5. The van der Waals surface area contributed by atoms with Crippen LogP contribution in [0.15, 0.2) is 46.5 Å². The number of thioether (sulfide) groups is 1. The smallest absolute Gasteiger partial charge is 0.257 e. The Morgan fingerprint density at radius 1 is 1.26 bits per heavy atom. The van der Waals surface area contributed by atoms with E-state index in [1.807, 2.05) is 45.0 Å². The number of aryl methyl sites for hydroxylation is 3. The van der Waals surface area contributed by atoms with Crippen LogP contribution in [0.5, 0.6) is 0 Å². The van der Waals surface area contributed by atoms with E-state index in [9.17, 15) is 13.2 Å². The van der Waals surface area contributed by atoms with Gasteiger partial charge in [0.05, 0.1) is 0 Å². The third kappa shape index (κ3) is 4.23. The number of carbonyl (C=O) groups is 1. The number of benzene rings is 1. The summed E-state index contributed by atoms with van der Waals surface area (Å²) >= 11 is 7.27. The van der Waals surface area contributed by atoms with Crippen molar-refractivity contribution in [3.05, 3.63) is 86.2 Å². The van der Waals surface area contributed by atoms with Crippen LogP contribution < -0.4 is 10.5 Å². The molecule has 8 nitrogen and oxygen atoms in total. The fraction of sp³-hybridized carbons (Fsp3) is 0.292. The SMILES string of the molecule is Cc1cc(C)c(C2(S(=O)(=O)Nc3onc(C)c3Cl)C=CSC2C(N)=O)c(C)c1Cc1ccccn1. The van der Waals surface area contributed by atoms with E-state index in [2.05, 4.69) is 14.9 Å². The molecule has 0 spiro atoms. The highest BCUT2D eigenvalue weighted by molar-refractivity contribution is 8.05. The molecule has 2 aromatic heterocycles. The number of nitrogens with one attached hydrogen (secondary N) is 1. The van der Waals surface area contributed by atoms with Crippen molar-refractivity contribution >= 4 is 45.2 Å². The van der Waals surface area contributed by atoms with Crippen molar-refractivity contribution < 1.29 is 17.7 Å². The van der Waals surface area contributed by atoms with Gasteiger partial charge in [0.2, 0.25) is 15.9 Å². The van der Waals surface area contributed by atoms with Crippen LogP contribution in [-0.2, 0) is 26.0 Å². The number of rotatable bonds is 7. The Morgan fingerprint density at radius 2 is 2.00 bits per heavy atom. The number of amides is 1. The maximum Gasteiger partial charge on any atom is 0.257 e. The Kier molecular flexibility index (Phi) is 6.74. The van der Waals surface area contributed by atoms with Crippen molar-refractivity contribution in [2.24, 2.45) is 5.73 Å². The molecule has 4 rings (SSSR count).